The molecule has 2 atom stereocenters. The lowest BCUT2D eigenvalue weighted by molar-refractivity contribution is 0.0930. The van der Waals surface area contributed by atoms with Gasteiger partial charge in [0.05, 0.1) is 6.26 Å². The highest BCUT2D eigenvalue weighted by atomic mass is 32.2. The van der Waals surface area contributed by atoms with Crippen molar-refractivity contribution in [2.75, 3.05) is 32.5 Å². The first-order valence-corrected chi connectivity index (χ1v) is 9.41. The summed E-state index contributed by atoms with van der Waals surface area (Å²) < 4.78 is 30.7. The molecular formula is C15H22N2O4S. The van der Waals surface area contributed by atoms with Crippen LogP contribution in [-0.4, -0.2) is 67.3 Å². The maximum Gasteiger partial charge on any atom is 0.211 e. The molecule has 2 aliphatic rings. The van der Waals surface area contributed by atoms with E-state index in [4.69, 9.17) is 4.74 Å². The van der Waals surface area contributed by atoms with Crippen molar-refractivity contribution in [2.24, 2.45) is 0 Å². The minimum atomic E-state index is -3.09. The van der Waals surface area contributed by atoms with Crippen LogP contribution in [0.3, 0.4) is 0 Å². The largest absolute Gasteiger partial charge is 0.508 e. The SMILES string of the molecule is CS(=O)(=O)N1C[C@H]2CC[C@@H](C1)N2CCOc1ccc(O)cc1. The molecule has 1 aromatic rings. The molecule has 2 saturated heterocycles. The predicted molar refractivity (Wildman–Crippen MR) is 83.5 cm³/mol. The first-order valence-electron chi connectivity index (χ1n) is 7.56. The predicted octanol–water partition coefficient (Wildman–Crippen LogP) is 0.879. The summed E-state index contributed by atoms with van der Waals surface area (Å²) in [5.41, 5.74) is 0. The molecule has 0 aliphatic carbocycles. The van der Waals surface area contributed by atoms with Crippen molar-refractivity contribution >= 4 is 10.0 Å². The zero-order valence-electron chi connectivity index (χ0n) is 12.7. The van der Waals surface area contributed by atoms with Gasteiger partial charge >= 0.3 is 0 Å². The van der Waals surface area contributed by atoms with Crippen molar-refractivity contribution < 1.29 is 18.3 Å². The summed E-state index contributed by atoms with van der Waals surface area (Å²) in [4.78, 5) is 2.38. The second-order valence-corrected chi connectivity index (χ2v) is 8.03. The quantitative estimate of drug-likeness (QED) is 0.870. The van der Waals surface area contributed by atoms with Gasteiger partial charge in [-0.25, -0.2) is 8.42 Å². The summed E-state index contributed by atoms with van der Waals surface area (Å²) in [7, 11) is -3.09. The van der Waals surface area contributed by atoms with E-state index in [9.17, 15) is 13.5 Å². The fraction of sp³-hybridized carbons (Fsp3) is 0.600. The lowest BCUT2D eigenvalue weighted by atomic mass is 10.2. The lowest BCUT2D eigenvalue weighted by Gasteiger charge is -2.39. The maximum atomic E-state index is 11.7. The van der Waals surface area contributed by atoms with Crippen molar-refractivity contribution in [3.8, 4) is 11.5 Å². The Balaban J connectivity index is 1.53. The number of phenolic OH excluding ortho intramolecular Hbond substituents is 1. The van der Waals surface area contributed by atoms with E-state index >= 15 is 0 Å². The number of piperazine rings is 1. The highest BCUT2D eigenvalue weighted by Crippen LogP contribution is 2.30. The van der Waals surface area contributed by atoms with Crippen LogP contribution in [0, 0.1) is 0 Å². The molecule has 0 saturated carbocycles. The zero-order chi connectivity index (χ0) is 15.7. The van der Waals surface area contributed by atoms with Crippen LogP contribution < -0.4 is 4.74 Å². The van der Waals surface area contributed by atoms with Gasteiger partial charge in [0.2, 0.25) is 10.0 Å². The molecule has 2 aliphatic heterocycles. The second-order valence-electron chi connectivity index (χ2n) is 6.05. The average molecular weight is 326 g/mol. The van der Waals surface area contributed by atoms with Crippen LogP contribution in [0.5, 0.6) is 11.5 Å². The molecule has 0 aromatic heterocycles. The van der Waals surface area contributed by atoms with Gasteiger partial charge in [-0.15, -0.1) is 0 Å². The third-order valence-corrected chi connectivity index (χ3v) is 5.76. The number of hydrogen-bond donors (Lipinski definition) is 1. The molecule has 2 heterocycles. The molecule has 3 rings (SSSR count). The van der Waals surface area contributed by atoms with Crippen LogP contribution in [0.25, 0.3) is 0 Å². The van der Waals surface area contributed by atoms with Crippen LogP contribution in [0.15, 0.2) is 24.3 Å². The molecule has 2 fully saturated rings. The van der Waals surface area contributed by atoms with Crippen molar-refractivity contribution in [3.63, 3.8) is 0 Å². The number of fused-ring (bicyclic) bond motifs is 2. The first-order chi connectivity index (χ1) is 10.4. The summed E-state index contributed by atoms with van der Waals surface area (Å²) in [5.74, 6) is 0.960. The van der Waals surface area contributed by atoms with E-state index in [-0.39, 0.29) is 5.75 Å². The van der Waals surface area contributed by atoms with Crippen LogP contribution in [0.1, 0.15) is 12.8 Å². The Kier molecular flexibility index (Phi) is 4.29. The maximum absolute atomic E-state index is 11.7. The normalized spacial score (nSPS) is 26.2. The molecular weight excluding hydrogens is 304 g/mol. The van der Waals surface area contributed by atoms with Crippen molar-refractivity contribution in [2.45, 2.75) is 24.9 Å². The minimum Gasteiger partial charge on any atom is -0.508 e. The average Bonchev–Trinajstić information content (AvgIpc) is 2.69. The minimum absolute atomic E-state index is 0.224. The number of nitrogens with zero attached hydrogens (tertiary/aromatic N) is 2. The summed E-state index contributed by atoms with van der Waals surface area (Å²) in [6, 6.07) is 7.29. The highest BCUT2D eigenvalue weighted by molar-refractivity contribution is 7.88. The molecule has 122 valence electrons. The van der Waals surface area contributed by atoms with Crippen molar-refractivity contribution in [3.05, 3.63) is 24.3 Å². The van der Waals surface area contributed by atoms with Gasteiger partial charge in [0.1, 0.15) is 18.1 Å². The van der Waals surface area contributed by atoms with Crippen LogP contribution in [0.4, 0.5) is 0 Å². The van der Waals surface area contributed by atoms with E-state index in [1.165, 1.54) is 6.26 Å². The number of ether oxygens (including phenoxy) is 1. The van der Waals surface area contributed by atoms with Crippen LogP contribution >= 0.6 is 0 Å². The van der Waals surface area contributed by atoms with E-state index in [1.807, 2.05) is 0 Å². The topological polar surface area (TPSA) is 70.1 Å². The zero-order valence-corrected chi connectivity index (χ0v) is 13.5. The van der Waals surface area contributed by atoms with E-state index in [2.05, 4.69) is 4.90 Å². The molecule has 0 unspecified atom stereocenters. The number of rotatable bonds is 5. The van der Waals surface area contributed by atoms with Gasteiger partial charge in [0.15, 0.2) is 0 Å². The molecule has 1 N–H and O–H groups in total. The van der Waals surface area contributed by atoms with Crippen LogP contribution in [0.2, 0.25) is 0 Å². The molecule has 0 radical (unpaired) electrons. The molecule has 6 nitrogen and oxygen atoms in total. The lowest BCUT2D eigenvalue weighted by Crippen LogP contribution is -2.55. The molecule has 7 heteroatoms. The Hall–Kier alpha value is -1.31. The van der Waals surface area contributed by atoms with E-state index < -0.39 is 10.0 Å². The standard InChI is InChI=1S/C15H22N2O4S/c1-22(19,20)16-10-12-2-3-13(11-16)17(12)8-9-21-15-6-4-14(18)5-7-15/h4-7,12-13,18H,2-3,8-11H2,1H3/t12-,13+. The fourth-order valence-electron chi connectivity index (χ4n) is 3.40. The summed E-state index contributed by atoms with van der Waals surface area (Å²) in [5, 5.41) is 9.24. The second kappa shape index (κ2) is 6.06. The smallest absolute Gasteiger partial charge is 0.211 e. The van der Waals surface area contributed by atoms with Gasteiger partial charge in [-0.3, -0.25) is 4.90 Å². The number of hydrogen-bond acceptors (Lipinski definition) is 5. The molecule has 1 aromatic carbocycles. The van der Waals surface area contributed by atoms with Crippen molar-refractivity contribution in [1.82, 2.24) is 9.21 Å². The van der Waals surface area contributed by atoms with Gasteiger partial charge in [-0.2, -0.15) is 4.31 Å². The summed E-state index contributed by atoms with van der Waals surface area (Å²) >= 11 is 0. The third-order valence-electron chi connectivity index (χ3n) is 4.52. The van der Waals surface area contributed by atoms with Gasteiger partial charge in [-0.05, 0) is 37.1 Å². The number of benzene rings is 1. The van der Waals surface area contributed by atoms with Crippen LogP contribution in [-0.2, 0) is 10.0 Å². The number of phenols is 1. The van der Waals surface area contributed by atoms with Gasteiger partial charge in [-0.1, -0.05) is 0 Å². The van der Waals surface area contributed by atoms with E-state index in [1.54, 1.807) is 28.6 Å². The Morgan fingerprint density at radius 2 is 1.77 bits per heavy atom. The third kappa shape index (κ3) is 3.37. The molecule has 0 amide bonds. The monoisotopic (exact) mass is 326 g/mol. The Morgan fingerprint density at radius 3 is 2.32 bits per heavy atom. The Morgan fingerprint density at radius 1 is 1.18 bits per heavy atom. The van der Waals surface area contributed by atoms with Gasteiger partial charge in [0, 0.05) is 31.7 Å². The Labute approximate surface area is 131 Å². The highest BCUT2D eigenvalue weighted by Gasteiger charge is 2.42. The van der Waals surface area contributed by atoms with Crippen molar-refractivity contribution in [1.29, 1.82) is 0 Å². The fourth-order valence-corrected chi connectivity index (χ4v) is 4.28. The molecule has 2 bridgehead atoms. The van der Waals surface area contributed by atoms with E-state index in [0.717, 1.165) is 25.1 Å². The first kappa shape index (κ1) is 15.6. The molecule has 22 heavy (non-hydrogen) atoms. The number of aromatic hydroxyl groups is 1. The molecule has 0 spiro atoms. The summed E-state index contributed by atoms with van der Waals surface area (Å²) in [6.07, 6.45) is 3.39. The van der Waals surface area contributed by atoms with E-state index in [0.29, 0.717) is 31.8 Å². The Bertz CT molecular complexity index is 603. The van der Waals surface area contributed by atoms with Gasteiger partial charge in [0.25, 0.3) is 0 Å². The summed E-state index contributed by atoms with van der Waals surface area (Å²) in [6.45, 7) is 2.55. The number of sulfonamides is 1. The van der Waals surface area contributed by atoms with Gasteiger partial charge < -0.3 is 9.84 Å².